The van der Waals surface area contributed by atoms with Gasteiger partial charge in [-0.1, -0.05) is 41.9 Å². The molecule has 0 nitrogen and oxygen atoms in total. The van der Waals surface area contributed by atoms with E-state index in [1.165, 1.54) is 12.1 Å². The maximum atomic E-state index is 12.8. The molecule has 0 heterocycles. The SMILES string of the molecule is [CH2]C(c1ccc(F)cc1)c1ccccc1Cl. The molecular formula is C14H11ClF. The predicted octanol–water partition coefficient (Wildman–Crippen LogP) is 4.45. The van der Waals surface area contributed by atoms with Gasteiger partial charge in [0.2, 0.25) is 0 Å². The lowest BCUT2D eigenvalue weighted by Gasteiger charge is -2.13. The normalized spacial score (nSPS) is 12.4. The average molecular weight is 234 g/mol. The van der Waals surface area contributed by atoms with Crippen LogP contribution in [0.25, 0.3) is 0 Å². The monoisotopic (exact) mass is 233 g/mol. The van der Waals surface area contributed by atoms with Crippen LogP contribution in [0.15, 0.2) is 48.5 Å². The molecule has 0 spiro atoms. The molecule has 1 unspecified atom stereocenters. The van der Waals surface area contributed by atoms with E-state index in [9.17, 15) is 4.39 Å². The van der Waals surface area contributed by atoms with E-state index < -0.39 is 0 Å². The third-order valence-electron chi connectivity index (χ3n) is 2.55. The van der Waals surface area contributed by atoms with Crippen LogP contribution in [0.3, 0.4) is 0 Å². The Kier molecular flexibility index (Phi) is 3.25. The lowest BCUT2D eigenvalue weighted by atomic mass is 9.93. The topological polar surface area (TPSA) is 0 Å². The standard InChI is InChI=1S/C14H11ClF/c1-10(11-6-8-12(16)9-7-11)13-4-2-3-5-14(13)15/h2-10H,1H2. The third kappa shape index (κ3) is 2.25. The average Bonchev–Trinajstić information content (AvgIpc) is 2.30. The van der Waals surface area contributed by atoms with E-state index in [0.29, 0.717) is 5.02 Å². The molecule has 2 aromatic carbocycles. The smallest absolute Gasteiger partial charge is 0.123 e. The second-order valence-corrected chi connectivity index (χ2v) is 4.03. The summed E-state index contributed by atoms with van der Waals surface area (Å²) in [6.45, 7) is 4.06. The quantitative estimate of drug-likeness (QED) is 0.719. The lowest BCUT2D eigenvalue weighted by molar-refractivity contribution is 0.627. The molecule has 2 heteroatoms. The first-order valence-corrected chi connectivity index (χ1v) is 5.39. The number of hydrogen-bond donors (Lipinski definition) is 0. The zero-order valence-corrected chi connectivity index (χ0v) is 9.42. The summed E-state index contributed by atoms with van der Waals surface area (Å²) in [5.74, 6) is -0.315. The molecule has 2 aromatic rings. The van der Waals surface area contributed by atoms with Gasteiger partial charge in [0.1, 0.15) is 5.82 Å². The number of halogens is 2. The zero-order valence-electron chi connectivity index (χ0n) is 8.66. The molecule has 0 fully saturated rings. The van der Waals surface area contributed by atoms with Gasteiger partial charge < -0.3 is 0 Å². The van der Waals surface area contributed by atoms with Crippen LogP contribution >= 0.6 is 11.6 Å². The van der Waals surface area contributed by atoms with Crippen molar-refractivity contribution >= 4 is 11.6 Å². The molecule has 0 saturated carbocycles. The Morgan fingerprint density at radius 2 is 1.62 bits per heavy atom. The Morgan fingerprint density at radius 1 is 1.00 bits per heavy atom. The van der Waals surface area contributed by atoms with Gasteiger partial charge in [0.25, 0.3) is 0 Å². The maximum Gasteiger partial charge on any atom is 0.123 e. The first-order chi connectivity index (χ1) is 7.68. The van der Waals surface area contributed by atoms with E-state index in [1.807, 2.05) is 24.3 Å². The number of rotatable bonds is 2. The van der Waals surface area contributed by atoms with Crippen molar-refractivity contribution in [1.82, 2.24) is 0 Å². The summed E-state index contributed by atoms with van der Waals surface area (Å²) >= 11 is 6.09. The molecule has 2 rings (SSSR count). The van der Waals surface area contributed by atoms with Crippen molar-refractivity contribution in [2.24, 2.45) is 0 Å². The van der Waals surface area contributed by atoms with Crippen molar-refractivity contribution in [3.05, 3.63) is 77.4 Å². The Labute approximate surface area is 99.7 Å². The second kappa shape index (κ2) is 4.67. The van der Waals surface area contributed by atoms with E-state index in [4.69, 9.17) is 11.6 Å². The Hall–Kier alpha value is -1.34. The van der Waals surface area contributed by atoms with Crippen molar-refractivity contribution in [1.29, 1.82) is 0 Å². The minimum atomic E-state index is -0.241. The van der Waals surface area contributed by atoms with Crippen molar-refractivity contribution in [3.63, 3.8) is 0 Å². The summed E-state index contributed by atoms with van der Waals surface area (Å²) in [4.78, 5) is 0. The van der Waals surface area contributed by atoms with Gasteiger partial charge in [-0.15, -0.1) is 0 Å². The number of benzene rings is 2. The van der Waals surface area contributed by atoms with E-state index in [-0.39, 0.29) is 11.7 Å². The molecule has 81 valence electrons. The lowest BCUT2D eigenvalue weighted by Crippen LogP contribution is -1.97. The van der Waals surface area contributed by atoms with E-state index >= 15 is 0 Å². The molecule has 1 atom stereocenters. The fourth-order valence-electron chi connectivity index (χ4n) is 1.63. The van der Waals surface area contributed by atoms with Crippen LogP contribution in [0.4, 0.5) is 4.39 Å². The van der Waals surface area contributed by atoms with Gasteiger partial charge in [0.15, 0.2) is 0 Å². The molecule has 0 aliphatic rings. The highest BCUT2D eigenvalue weighted by molar-refractivity contribution is 6.31. The fourth-order valence-corrected chi connectivity index (χ4v) is 1.90. The van der Waals surface area contributed by atoms with E-state index in [0.717, 1.165) is 11.1 Å². The van der Waals surface area contributed by atoms with Crippen LogP contribution < -0.4 is 0 Å². The van der Waals surface area contributed by atoms with Gasteiger partial charge in [-0.05, 0) is 36.2 Å². The highest BCUT2D eigenvalue weighted by Gasteiger charge is 2.11. The molecule has 0 aliphatic heterocycles. The Morgan fingerprint density at radius 3 is 2.25 bits per heavy atom. The summed E-state index contributed by atoms with van der Waals surface area (Å²) in [6, 6.07) is 13.9. The minimum absolute atomic E-state index is 0.0747. The molecule has 1 radical (unpaired) electrons. The summed E-state index contributed by atoms with van der Waals surface area (Å²) < 4.78 is 12.8. The number of hydrogen-bond acceptors (Lipinski definition) is 0. The summed E-state index contributed by atoms with van der Waals surface area (Å²) in [5.41, 5.74) is 1.91. The summed E-state index contributed by atoms with van der Waals surface area (Å²) in [5, 5.41) is 0.687. The van der Waals surface area contributed by atoms with Crippen LogP contribution in [0.5, 0.6) is 0 Å². The maximum absolute atomic E-state index is 12.8. The van der Waals surface area contributed by atoms with Crippen LogP contribution in [0.1, 0.15) is 17.0 Å². The van der Waals surface area contributed by atoms with Crippen LogP contribution in [0, 0.1) is 12.7 Å². The Bertz CT molecular complexity index is 476. The fraction of sp³-hybridized carbons (Fsp3) is 0.0714. The molecule has 0 amide bonds. The first kappa shape index (κ1) is 11.2. The van der Waals surface area contributed by atoms with Gasteiger partial charge in [0.05, 0.1) is 0 Å². The van der Waals surface area contributed by atoms with Gasteiger partial charge in [0, 0.05) is 10.9 Å². The highest BCUT2D eigenvalue weighted by Crippen LogP contribution is 2.29. The van der Waals surface area contributed by atoms with Crippen molar-refractivity contribution in [3.8, 4) is 0 Å². The molecule has 0 N–H and O–H groups in total. The van der Waals surface area contributed by atoms with Gasteiger partial charge in [-0.2, -0.15) is 0 Å². The van der Waals surface area contributed by atoms with Gasteiger partial charge in [-0.25, -0.2) is 4.39 Å². The molecular weight excluding hydrogens is 223 g/mol. The minimum Gasteiger partial charge on any atom is -0.207 e. The van der Waals surface area contributed by atoms with Gasteiger partial charge in [-0.3, -0.25) is 0 Å². The molecule has 0 aromatic heterocycles. The molecule has 0 saturated heterocycles. The first-order valence-electron chi connectivity index (χ1n) is 5.01. The van der Waals surface area contributed by atoms with Crippen LogP contribution in [-0.2, 0) is 0 Å². The third-order valence-corrected chi connectivity index (χ3v) is 2.90. The molecule has 0 bridgehead atoms. The van der Waals surface area contributed by atoms with Crippen molar-refractivity contribution in [2.75, 3.05) is 0 Å². The van der Waals surface area contributed by atoms with Crippen LogP contribution in [0.2, 0.25) is 5.02 Å². The van der Waals surface area contributed by atoms with Crippen LogP contribution in [-0.4, -0.2) is 0 Å². The van der Waals surface area contributed by atoms with E-state index in [2.05, 4.69) is 6.92 Å². The zero-order chi connectivity index (χ0) is 11.5. The summed E-state index contributed by atoms with van der Waals surface area (Å²) in [6.07, 6.45) is 0. The molecule has 16 heavy (non-hydrogen) atoms. The highest BCUT2D eigenvalue weighted by atomic mass is 35.5. The Balaban J connectivity index is 2.35. The summed E-state index contributed by atoms with van der Waals surface area (Å²) in [7, 11) is 0. The van der Waals surface area contributed by atoms with Crippen molar-refractivity contribution in [2.45, 2.75) is 5.92 Å². The van der Waals surface area contributed by atoms with Gasteiger partial charge >= 0.3 is 0 Å². The molecule has 0 aliphatic carbocycles. The van der Waals surface area contributed by atoms with E-state index in [1.54, 1.807) is 12.1 Å². The predicted molar refractivity (Wildman–Crippen MR) is 65.1 cm³/mol. The second-order valence-electron chi connectivity index (χ2n) is 3.63. The van der Waals surface area contributed by atoms with Crippen molar-refractivity contribution < 1.29 is 4.39 Å². The largest absolute Gasteiger partial charge is 0.207 e.